The van der Waals surface area contributed by atoms with E-state index in [9.17, 15) is 8.42 Å². The lowest BCUT2D eigenvalue weighted by atomic mass is 10.3. The van der Waals surface area contributed by atoms with Crippen LogP contribution in [0.1, 0.15) is 0 Å². The van der Waals surface area contributed by atoms with Crippen molar-refractivity contribution in [2.75, 3.05) is 20.2 Å². The standard InChI is InChI=1S/C5H12N2O3S/c1-10-4-2-7-3-5(4)11(6,8)9/h4-5,7H,2-3H2,1H3,(H2,6,8,9). The zero-order valence-electron chi connectivity index (χ0n) is 6.28. The third kappa shape index (κ3) is 1.90. The molecule has 1 aliphatic heterocycles. The molecule has 1 heterocycles. The molecule has 1 rings (SSSR count). The topological polar surface area (TPSA) is 81.4 Å². The number of hydrogen-bond donors (Lipinski definition) is 2. The average Bonchev–Trinajstić information content (AvgIpc) is 2.31. The molecule has 0 aromatic heterocycles. The second-order valence-corrected chi connectivity index (χ2v) is 4.34. The van der Waals surface area contributed by atoms with Gasteiger partial charge in [-0.25, -0.2) is 13.6 Å². The SMILES string of the molecule is COC1CNCC1S(N)(=O)=O. The maximum Gasteiger partial charge on any atom is 0.215 e. The van der Waals surface area contributed by atoms with Crippen LogP contribution >= 0.6 is 0 Å². The minimum absolute atomic E-state index is 0.301. The Morgan fingerprint density at radius 3 is 2.55 bits per heavy atom. The number of methoxy groups -OCH3 is 1. The van der Waals surface area contributed by atoms with Crippen molar-refractivity contribution in [2.45, 2.75) is 11.4 Å². The molecule has 0 amide bonds. The molecule has 11 heavy (non-hydrogen) atoms. The van der Waals surface area contributed by atoms with E-state index in [0.717, 1.165) is 0 Å². The van der Waals surface area contributed by atoms with Crippen LogP contribution in [0.4, 0.5) is 0 Å². The molecule has 0 aromatic rings. The molecule has 0 saturated carbocycles. The first-order valence-corrected chi connectivity index (χ1v) is 4.92. The van der Waals surface area contributed by atoms with E-state index in [1.165, 1.54) is 7.11 Å². The fraction of sp³-hybridized carbons (Fsp3) is 1.00. The highest BCUT2D eigenvalue weighted by molar-refractivity contribution is 7.89. The number of nitrogens with two attached hydrogens (primary N) is 1. The Labute approximate surface area is 66.0 Å². The van der Waals surface area contributed by atoms with Gasteiger partial charge in [-0.1, -0.05) is 0 Å². The summed E-state index contributed by atoms with van der Waals surface area (Å²) < 4.78 is 26.6. The van der Waals surface area contributed by atoms with Gasteiger partial charge in [-0.2, -0.15) is 0 Å². The van der Waals surface area contributed by atoms with E-state index < -0.39 is 15.3 Å². The highest BCUT2D eigenvalue weighted by Gasteiger charge is 2.35. The summed E-state index contributed by atoms with van der Waals surface area (Å²) in [7, 11) is -1.97. The Balaban J connectivity index is 2.72. The van der Waals surface area contributed by atoms with Crippen molar-refractivity contribution in [1.29, 1.82) is 0 Å². The second kappa shape index (κ2) is 3.06. The monoisotopic (exact) mass is 180 g/mol. The molecule has 2 unspecified atom stereocenters. The van der Waals surface area contributed by atoms with Gasteiger partial charge in [0.1, 0.15) is 5.25 Å². The molecule has 3 N–H and O–H groups in total. The van der Waals surface area contributed by atoms with Crippen molar-refractivity contribution >= 4 is 10.0 Å². The van der Waals surface area contributed by atoms with Gasteiger partial charge in [0, 0.05) is 20.2 Å². The van der Waals surface area contributed by atoms with Gasteiger partial charge in [0.15, 0.2) is 0 Å². The first-order valence-electron chi connectivity index (χ1n) is 3.31. The van der Waals surface area contributed by atoms with Crippen LogP contribution in [-0.4, -0.2) is 40.0 Å². The maximum absolute atomic E-state index is 10.9. The lowest BCUT2D eigenvalue weighted by Gasteiger charge is -2.13. The van der Waals surface area contributed by atoms with Gasteiger partial charge in [-0.15, -0.1) is 0 Å². The van der Waals surface area contributed by atoms with Crippen LogP contribution in [0.25, 0.3) is 0 Å². The van der Waals surface area contributed by atoms with Crippen LogP contribution in [-0.2, 0) is 14.8 Å². The number of rotatable bonds is 2. The van der Waals surface area contributed by atoms with Gasteiger partial charge >= 0.3 is 0 Å². The molecule has 0 bridgehead atoms. The summed E-state index contributed by atoms with van der Waals surface area (Å²) in [6.07, 6.45) is -0.301. The van der Waals surface area contributed by atoms with E-state index in [0.29, 0.717) is 13.1 Å². The normalized spacial score (nSPS) is 32.5. The average molecular weight is 180 g/mol. The van der Waals surface area contributed by atoms with Gasteiger partial charge in [0.05, 0.1) is 6.10 Å². The summed E-state index contributed by atoms with van der Waals surface area (Å²) in [6, 6.07) is 0. The number of primary sulfonamides is 1. The quantitative estimate of drug-likeness (QED) is 0.528. The van der Waals surface area contributed by atoms with Gasteiger partial charge in [0.2, 0.25) is 10.0 Å². The molecular formula is C5H12N2O3S. The molecule has 0 aliphatic carbocycles. The molecule has 1 aliphatic rings. The molecular weight excluding hydrogens is 168 g/mol. The minimum Gasteiger partial charge on any atom is -0.379 e. The third-order valence-corrected chi connectivity index (χ3v) is 3.14. The summed E-state index contributed by atoms with van der Waals surface area (Å²) in [5.74, 6) is 0. The molecule has 0 radical (unpaired) electrons. The van der Waals surface area contributed by atoms with Crippen LogP contribution in [0.3, 0.4) is 0 Å². The maximum atomic E-state index is 10.9. The number of hydrogen-bond acceptors (Lipinski definition) is 4. The zero-order valence-corrected chi connectivity index (χ0v) is 7.10. The predicted molar refractivity (Wildman–Crippen MR) is 40.6 cm³/mol. The number of nitrogens with one attached hydrogen (secondary N) is 1. The van der Waals surface area contributed by atoms with Crippen LogP contribution in [0.15, 0.2) is 0 Å². The summed E-state index contributed by atoms with van der Waals surface area (Å²) in [6.45, 7) is 0.939. The third-order valence-electron chi connectivity index (χ3n) is 1.83. The Morgan fingerprint density at radius 2 is 2.18 bits per heavy atom. The lowest BCUT2D eigenvalue weighted by molar-refractivity contribution is 0.121. The van der Waals surface area contributed by atoms with Crippen molar-refractivity contribution in [1.82, 2.24) is 5.32 Å². The van der Waals surface area contributed by atoms with E-state index in [4.69, 9.17) is 9.88 Å². The summed E-state index contributed by atoms with van der Waals surface area (Å²) in [5.41, 5.74) is 0. The van der Waals surface area contributed by atoms with E-state index in [1.54, 1.807) is 0 Å². The Morgan fingerprint density at radius 1 is 1.55 bits per heavy atom. The fourth-order valence-electron chi connectivity index (χ4n) is 1.19. The van der Waals surface area contributed by atoms with Gasteiger partial charge in [0.25, 0.3) is 0 Å². The van der Waals surface area contributed by atoms with E-state index >= 15 is 0 Å². The molecule has 1 fully saturated rings. The number of sulfonamides is 1. The van der Waals surface area contributed by atoms with E-state index in [1.807, 2.05) is 0 Å². The smallest absolute Gasteiger partial charge is 0.215 e. The Bertz CT molecular complexity index is 226. The summed E-state index contributed by atoms with van der Waals surface area (Å²) in [5, 5.41) is 7.26. The van der Waals surface area contributed by atoms with Crippen LogP contribution in [0.5, 0.6) is 0 Å². The van der Waals surface area contributed by atoms with Gasteiger partial charge in [-0.3, -0.25) is 0 Å². The zero-order chi connectivity index (χ0) is 8.48. The first-order chi connectivity index (χ1) is 5.05. The van der Waals surface area contributed by atoms with Crippen molar-refractivity contribution in [3.05, 3.63) is 0 Å². The van der Waals surface area contributed by atoms with Crippen molar-refractivity contribution < 1.29 is 13.2 Å². The Hall–Kier alpha value is -0.170. The van der Waals surface area contributed by atoms with Crippen LogP contribution in [0, 0.1) is 0 Å². The highest BCUT2D eigenvalue weighted by Crippen LogP contribution is 2.10. The van der Waals surface area contributed by atoms with E-state index in [2.05, 4.69) is 5.32 Å². The number of ether oxygens (including phenoxy) is 1. The van der Waals surface area contributed by atoms with Gasteiger partial charge < -0.3 is 10.1 Å². The van der Waals surface area contributed by atoms with Crippen LogP contribution < -0.4 is 10.5 Å². The minimum atomic E-state index is -3.45. The fourth-order valence-corrected chi connectivity index (χ4v) is 2.17. The molecule has 6 heteroatoms. The highest BCUT2D eigenvalue weighted by atomic mass is 32.2. The van der Waals surface area contributed by atoms with Gasteiger partial charge in [-0.05, 0) is 0 Å². The molecule has 2 atom stereocenters. The molecule has 0 spiro atoms. The lowest BCUT2D eigenvalue weighted by Crippen LogP contribution is -2.38. The second-order valence-electron chi connectivity index (χ2n) is 2.56. The Kier molecular flexibility index (Phi) is 2.48. The largest absolute Gasteiger partial charge is 0.379 e. The van der Waals surface area contributed by atoms with Crippen molar-refractivity contribution in [2.24, 2.45) is 5.14 Å². The first kappa shape index (κ1) is 8.92. The van der Waals surface area contributed by atoms with Crippen LogP contribution in [0.2, 0.25) is 0 Å². The summed E-state index contributed by atoms with van der Waals surface area (Å²) in [4.78, 5) is 0. The molecule has 0 aromatic carbocycles. The molecule has 5 nitrogen and oxygen atoms in total. The predicted octanol–water partition coefficient (Wildman–Crippen LogP) is -1.74. The van der Waals surface area contributed by atoms with E-state index in [-0.39, 0.29) is 6.10 Å². The summed E-state index contributed by atoms with van der Waals surface area (Å²) >= 11 is 0. The van der Waals surface area contributed by atoms with Crippen molar-refractivity contribution in [3.63, 3.8) is 0 Å². The molecule has 1 saturated heterocycles. The van der Waals surface area contributed by atoms with Crippen molar-refractivity contribution in [3.8, 4) is 0 Å². The molecule has 66 valence electrons.